The molecule has 0 aliphatic heterocycles. The number of nitrogens with one attached hydrogen (secondary N) is 1. The van der Waals surface area contributed by atoms with Gasteiger partial charge in [-0.15, -0.1) is 0 Å². The van der Waals surface area contributed by atoms with E-state index in [0.717, 1.165) is 55.4 Å². The Hall–Kier alpha value is -1.82. The first-order chi connectivity index (χ1) is 16.5. The summed E-state index contributed by atoms with van der Waals surface area (Å²) < 4.78 is 6.02. The van der Waals surface area contributed by atoms with E-state index in [-0.39, 0.29) is 11.9 Å². The highest BCUT2D eigenvalue weighted by Gasteiger charge is 2.24. The molecule has 1 amide bonds. The van der Waals surface area contributed by atoms with E-state index < -0.39 is 0 Å². The number of furan rings is 1. The molecule has 0 saturated heterocycles. The number of carbonyl (C=O) groups is 1. The topological polar surface area (TPSA) is 48.7 Å². The number of benzene rings is 1. The van der Waals surface area contributed by atoms with Gasteiger partial charge in [-0.2, -0.15) is 0 Å². The Labute approximate surface area is 210 Å². The molecule has 1 saturated carbocycles. The lowest BCUT2D eigenvalue weighted by atomic mass is 9.93. The van der Waals surface area contributed by atoms with Crippen LogP contribution in [-0.2, 0) is 13.1 Å². The Morgan fingerprint density at radius 3 is 2.53 bits per heavy atom. The third-order valence-corrected chi connectivity index (χ3v) is 7.42. The maximum Gasteiger partial charge on any atom is 0.287 e. The van der Waals surface area contributed by atoms with Gasteiger partial charge in [0, 0.05) is 23.7 Å². The number of rotatable bonds is 13. The van der Waals surface area contributed by atoms with Crippen molar-refractivity contribution in [1.29, 1.82) is 0 Å². The molecule has 1 unspecified atom stereocenters. The number of nitrogens with zero attached hydrogens (tertiary/aromatic N) is 2. The Morgan fingerprint density at radius 1 is 1.09 bits per heavy atom. The summed E-state index contributed by atoms with van der Waals surface area (Å²) in [5.41, 5.74) is 1.14. The first-order valence-corrected chi connectivity index (χ1v) is 13.5. The average Bonchev–Trinajstić information content (AvgIpc) is 3.32. The minimum Gasteiger partial charge on any atom is -0.455 e. The molecule has 1 atom stereocenters. The van der Waals surface area contributed by atoms with Crippen LogP contribution in [0.2, 0.25) is 5.02 Å². The van der Waals surface area contributed by atoms with Crippen LogP contribution < -0.4 is 5.32 Å². The Kier molecular flexibility index (Phi) is 11.0. The minimum atomic E-state index is -0.128. The highest BCUT2D eigenvalue weighted by molar-refractivity contribution is 6.31. The average molecular weight is 488 g/mol. The van der Waals surface area contributed by atoms with Crippen molar-refractivity contribution in [3.8, 4) is 0 Å². The highest BCUT2D eigenvalue weighted by Crippen LogP contribution is 2.28. The first kappa shape index (κ1) is 26.8. The molecule has 34 heavy (non-hydrogen) atoms. The molecule has 1 heterocycles. The van der Waals surface area contributed by atoms with Crippen LogP contribution in [0.15, 0.2) is 40.8 Å². The largest absolute Gasteiger partial charge is 0.455 e. The second-order valence-electron chi connectivity index (χ2n) is 9.60. The van der Waals surface area contributed by atoms with Gasteiger partial charge >= 0.3 is 0 Å². The predicted molar refractivity (Wildman–Crippen MR) is 140 cm³/mol. The van der Waals surface area contributed by atoms with Gasteiger partial charge in [-0.25, -0.2) is 0 Å². The third-order valence-electron chi connectivity index (χ3n) is 7.05. The second-order valence-corrected chi connectivity index (χ2v) is 10.0. The van der Waals surface area contributed by atoms with Gasteiger partial charge in [-0.1, -0.05) is 62.9 Å². The normalized spacial score (nSPS) is 15.7. The summed E-state index contributed by atoms with van der Waals surface area (Å²) in [6.07, 6.45) is 8.28. The van der Waals surface area contributed by atoms with E-state index in [1.807, 2.05) is 30.3 Å². The van der Waals surface area contributed by atoms with Crippen LogP contribution in [0.5, 0.6) is 0 Å². The van der Waals surface area contributed by atoms with Gasteiger partial charge in [0.05, 0.1) is 6.54 Å². The SMILES string of the molecule is CCN(CC)CCCC(C)NC(=O)c1ccc(CN(Cc2ccccc2Cl)C2CCCCC2)o1. The first-order valence-electron chi connectivity index (χ1n) is 13.1. The number of carbonyl (C=O) groups excluding carboxylic acids is 1. The monoisotopic (exact) mass is 487 g/mol. The van der Waals surface area contributed by atoms with E-state index in [4.69, 9.17) is 16.0 Å². The molecule has 1 aromatic carbocycles. The summed E-state index contributed by atoms with van der Waals surface area (Å²) in [6, 6.07) is 12.4. The molecule has 0 spiro atoms. The highest BCUT2D eigenvalue weighted by atomic mass is 35.5. The number of hydrogen-bond donors (Lipinski definition) is 1. The lowest BCUT2D eigenvalue weighted by Gasteiger charge is -2.34. The molecule has 1 fully saturated rings. The fourth-order valence-electron chi connectivity index (χ4n) is 4.92. The molecule has 5 nitrogen and oxygen atoms in total. The summed E-state index contributed by atoms with van der Waals surface area (Å²) in [5, 5.41) is 3.90. The van der Waals surface area contributed by atoms with Crippen LogP contribution in [-0.4, -0.2) is 47.4 Å². The van der Waals surface area contributed by atoms with E-state index in [1.54, 1.807) is 0 Å². The Morgan fingerprint density at radius 2 is 1.82 bits per heavy atom. The van der Waals surface area contributed by atoms with Crippen molar-refractivity contribution in [3.63, 3.8) is 0 Å². The van der Waals surface area contributed by atoms with E-state index >= 15 is 0 Å². The maximum absolute atomic E-state index is 12.8. The van der Waals surface area contributed by atoms with Gasteiger partial charge in [0.1, 0.15) is 5.76 Å². The number of hydrogen-bond acceptors (Lipinski definition) is 4. The summed E-state index contributed by atoms with van der Waals surface area (Å²) in [5.74, 6) is 1.10. The van der Waals surface area contributed by atoms with Crippen LogP contribution >= 0.6 is 11.6 Å². The van der Waals surface area contributed by atoms with Gasteiger partial charge in [0.25, 0.3) is 5.91 Å². The molecule has 1 aliphatic carbocycles. The summed E-state index contributed by atoms with van der Waals surface area (Å²) in [6.45, 7) is 11.1. The molecule has 1 aromatic heterocycles. The zero-order chi connectivity index (χ0) is 24.3. The molecule has 0 radical (unpaired) electrons. The van der Waals surface area contributed by atoms with Crippen molar-refractivity contribution in [2.75, 3.05) is 19.6 Å². The van der Waals surface area contributed by atoms with Gasteiger partial charge in [-0.05, 0) is 76.0 Å². The summed E-state index contributed by atoms with van der Waals surface area (Å²) >= 11 is 6.47. The van der Waals surface area contributed by atoms with Gasteiger partial charge in [-0.3, -0.25) is 9.69 Å². The van der Waals surface area contributed by atoms with E-state index in [9.17, 15) is 4.79 Å². The van der Waals surface area contributed by atoms with Crippen molar-refractivity contribution in [3.05, 3.63) is 58.5 Å². The van der Waals surface area contributed by atoms with E-state index in [0.29, 0.717) is 18.3 Å². The zero-order valence-electron chi connectivity index (χ0n) is 21.2. The van der Waals surface area contributed by atoms with Gasteiger partial charge < -0.3 is 14.6 Å². The zero-order valence-corrected chi connectivity index (χ0v) is 21.9. The lowest BCUT2D eigenvalue weighted by Crippen LogP contribution is -2.36. The Bertz CT molecular complexity index is 874. The van der Waals surface area contributed by atoms with Crippen LogP contribution in [0.25, 0.3) is 0 Å². The molecule has 2 aromatic rings. The second kappa shape index (κ2) is 13.9. The number of halogens is 1. The van der Waals surface area contributed by atoms with Crippen molar-refractivity contribution < 1.29 is 9.21 Å². The van der Waals surface area contributed by atoms with Crippen molar-refractivity contribution in [1.82, 2.24) is 15.1 Å². The maximum atomic E-state index is 12.8. The molecular weight excluding hydrogens is 446 g/mol. The molecule has 188 valence electrons. The molecule has 1 N–H and O–H groups in total. The van der Waals surface area contributed by atoms with Crippen LogP contribution in [0, 0.1) is 0 Å². The number of amides is 1. The van der Waals surface area contributed by atoms with Gasteiger partial charge in [0.2, 0.25) is 0 Å². The van der Waals surface area contributed by atoms with Crippen molar-refractivity contribution >= 4 is 17.5 Å². The van der Waals surface area contributed by atoms with Crippen LogP contribution in [0.3, 0.4) is 0 Å². The van der Waals surface area contributed by atoms with Crippen molar-refractivity contribution in [2.24, 2.45) is 0 Å². The lowest BCUT2D eigenvalue weighted by molar-refractivity contribution is 0.0899. The Balaban J connectivity index is 1.57. The molecular formula is C28H42ClN3O2. The quantitative estimate of drug-likeness (QED) is 0.350. The summed E-state index contributed by atoms with van der Waals surface area (Å²) in [4.78, 5) is 17.6. The van der Waals surface area contributed by atoms with E-state index in [1.165, 1.54) is 32.1 Å². The van der Waals surface area contributed by atoms with Crippen LogP contribution in [0.4, 0.5) is 0 Å². The molecule has 1 aliphatic rings. The molecule has 3 rings (SSSR count). The van der Waals surface area contributed by atoms with Gasteiger partial charge in [0.15, 0.2) is 5.76 Å². The standard InChI is InChI=1S/C28H42ClN3O2/c1-4-31(5-2)19-11-12-22(3)30-28(33)27-18-17-25(34-27)21-32(24-14-7-6-8-15-24)20-23-13-9-10-16-26(23)29/h9-10,13,16-18,22,24H,4-8,11-12,14-15,19-21H2,1-3H3,(H,30,33). The minimum absolute atomic E-state index is 0.121. The third kappa shape index (κ3) is 8.14. The summed E-state index contributed by atoms with van der Waals surface area (Å²) in [7, 11) is 0. The fourth-order valence-corrected chi connectivity index (χ4v) is 5.11. The smallest absolute Gasteiger partial charge is 0.287 e. The van der Waals surface area contributed by atoms with Crippen LogP contribution in [0.1, 0.15) is 87.6 Å². The van der Waals surface area contributed by atoms with Crippen molar-refractivity contribution in [2.45, 2.75) is 90.9 Å². The predicted octanol–water partition coefficient (Wildman–Crippen LogP) is 6.51. The molecule has 6 heteroatoms. The van der Waals surface area contributed by atoms with E-state index in [2.05, 4.69) is 42.0 Å². The molecule has 0 bridgehead atoms. The fraction of sp³-hybridized carbons (Fsp3) is 0.607.